The van der Waals surface area contributed by atoms with Crippen LogP contribution in [0.15, 0.2) is 42.7 Å². The minimum absolute atomic E-state index is 0.224. The second-order valence-corrected chi connectivity index (χ2v) is 5.86. The fourth-order valence-corrected chi connectivity index (χ4v) is 2.83. The number of rotatable bonds is 4. The van der Waals surface area contributed by atoms with Crippen LogP contribution >= 0.6 is 0 Å². The number of aromatic nitrogens is 2. The molecule has 1 aromatic carbocycles. The predicted octanol–water partition coefficient (Wildman–Crippen LogP) is 2.26. The summed E-state index contributed by atoms with van der Waals surface area (Å²) in [4.78, 5) is 16.4. The Labute approximate surface area is 140 Å². The summed E-state index contributed by atoms with van der Waals surface area (Å²) in [7, 11) is 0. The number of hydrogen-bond acceptors (Lipinski definition) is 3. The molecule has 7 heteroatoms. The molecule has 0 radical (unpaired) electrons. The molecule has 1 aliphatic rings. The minimum Gasteiger partial charge on any atom is -0.323 e. The number of carbonyl (C=O) groups is 1. The molecule has 128 valence electrons. The lowest BCUT2D eigenvalue weighted by molar-refractivity contribution is 0.210. The number of para-hydroxylation sites is 1. The highest BCUT2D eigenvalue weighted by Crippen LogP contribution is 2.14. The number of amides is 2. The zero-order chi connectivity index (χ0) is 16.8. The van der Waals surface area contributed by atoms with Gasteiger partial charge in [-0.3, -0.25) is 9.58 Å². The van der Waals surface area contributed by atoms with E-state index in [-0.39, 0.29) is 11.7 Å². The van der Waals surface area contributed by atoms with Crippen LogP contribution in [-0.2, 0) is 6.54 Å². The standard InChI is InChI=1S/C17H22FN5O/c18-15-5-1-2-6-16(15)20-17(24)22-9-4-8-21(11-13-22)12-14-23-10-3-7-19-23/h1-3,5-7,10H,4,8-9,11-14H2,(H,20,24). The molecular formula is C17H22FN5O. The smallest absolute Gasteiger partial charge is 0.321 e. The summed E-state index contributed by atoms with van der Waals surface area (Å²) < 4.78 is 15.6. The zero-order valence-corrected chi connectivity index (χ0v) is 13.6. The Kier molecular flexibility index (Phi) is 5.43. The molecule has 24 heavy (non-hydrogen) atoms. The first-order valence-electron chi connectivity index (χ1n) is 8.22. The van der Waals surface area contributed by atoms with Crippen molar-refractivity contribution in [2.24, 2.45) is 0 Å². The Morgan fingerprint density at radius 3 is 2.79 bits per heavy atom. The molecule has 0 bridgehead atoms. The third-order valence-electron chi connectivity index (χ3n) is 4.20. The first-order valence-corrected chi connectivity index (χ1v) is 8.22. The topological polar surface area (TPSA) is 53.4 Å². The summed E-state index contributed by atoms with van der Waals surface area (Å²) in [5.41, 5.74) is 0.224. The van der Waals surface area contributed by atoms with Gasteiger partial charge in [-0.25, -0.2) is 9.18 Å². The molecule has 6 nitrogen and oxygen atoms in total. The molecule has 1 N–H and O–H groups in total. The molecule has 0 spiro atoms. The first kappa shape index (κ1) is 16.4. The third kappa shape index (κ3) is 4.32. The van der Waals surface area contributed by atoms with E-state index in [0.717, 1.165) is 32.6 Å². The average molecular weight is 331 g/mol. The fraction of sp³-hybridized carbons (Fsp3) is 0.412. The number of halogens is 1. The lowest BCUT2D eigenvalue weighted by Gasteiger charge is -2.22. The Balaban J connectivity index is 1.49. The van der Waals surface area contributed by atoms with Gasteiger partial charge in [0.15, 0.2) is 0 Å². The normalized spacial score (nSPS) is 16.0. The Morgan fingerprint density at radius 2 is 2.00 bits per heavy atom. The molecule has 0 aliphatic carbocycles. The average Bonchev–Trinajstić information content (AvgIpc) is 2.99. The SMILES string of the molecule is O=C(Nc1ccccc1F)N1CCCN(CCn2cccn2)CC1. The molecule has 2 aromatic rings. The molecule has 2 amide bonds. The van der Waals surface area contributed by atoms with Crippen LogP contribution in [0.2, 0.25) is 0 Å². The summed E-state index contributed by atoms with van der Waals surface area (Å²) in [6, 6.07) is 7.90. The number of urea groups is 1. The predicted molar refractivity (Wildman–Crippen MR) is 90.3 cm³/mol. The summed E-state index contributed by atoms with van der Waals surface area (Å²) in [5.74, 6) is -0.415. The lowest BCUT2D eigenvalue weighted by atomic mass is 10.3. The Morgan fingerprint density at radius 1 is 1.12 bits per heavy atom. The van der Waals surface area contributed by atoms with Crippen molar-refractivity contribution in [2.75, 3.05) is 38.0 Å². The van der Waals surface area contributed by atoms with Crippen LogP contribution in [0.25, 0.3) is 0 Å². The van der Waals surface area contributed by atoms with E-state index in [1.807, 2.05) is 16.9 Å². The molecule has 3 rings (SSSR count). The van der Waals surface area contributed by atoms with Crippen LogP contribution in [0.5, 0.6) is 0 Å². The quantitative estimate of drug-likeness (QED) is 0.935. The van der Waals surface area contributed by atoms with E-state index in [2.05, 4.69) is 15.3 Å². The van der Waals surface area contributed by atoms with Gasteiger partial charge in [-0.05, 0) is 31.2 Å². The molecule has 1 fully saturated rings. The molecule has 2 heterocycles. The van der Waals surface area contributed by atoms with E-state index in [9.17, 15) is 9.18 Å². The maximum absolute atomic E-state index is 13.6. The summed E-state index contributed by atoms with van der Waals surface area (Å²) in [6.45, 7) is 4.83. The van der Waals surface area contributed by atoms with Crippen molar-refractivity contribution in [3.63, 3.8) is 0 Å². The lowest BCUT2D eigenvalue weighted by Crippen LogP contribution is -2.38. The molecule has 0 unspecified atom stereocenters. The highest BCUT2D eigenvalue weighted by atomic mass is 19.1. The monoisotopic (exact) mass is 331 g/mol. The van der Waals surface area contributed by atoms with E-state index < -0.39 is 5.82 Å². The first-order chi connectivity index (χ1) is 11.7. The Bertz CT molecular complexity index is 661. The summed E-state index contributed by atoms with van der Waals surface area (Å²) in [6.07, 6.45) is 4.63. The van der Waals surface area contributed by atoms with Crippen LogP contribution in [-0.4, -0.2) is 58.3 Å². The highest BCUT2D eigenvalue weighted by molar-refractivity contribution is 5.89. The molecule has 1 aliphatic heterocycles. The van der Waals surface area contributed by atoms with Gasteiger partial charge in [-0.2, -0.15) is 5.10 Å². The number of benzene rings is 1. The van der Waals surface area contributed by atoms with Gasteiger partial charge in [-0.15, -0.1) is 0 Å². The van der Waals surface area contributed by atoms with E-state index in [0.29, 0.717) is 13.1 Å². The van der Waals surface area contributed by atoms with Crippen LogP contribution < -0.4 is 5.32 Å². The number of hydrogen-bond donors (Lipinski definition) is 1. The van der Waals surface area contributed by atoms with Crippen molar-refractivity contribution in [1.82, 2.24) is 19.6 Å². The number of nitrogens with one attached hydrogen (secondary N) is 1. The number of nitrogens with zero attached hydrogens (tertiary/aromatic N) is 4. The van der Waals surface area contributed by atoms with Gasteiger partial charge in [0, 0.05) is 38.6 Å². The van der Waals surface area contributed by atoms with Gasteiger partial charge in [0.25, 0.3) is 0 Å². The Hall–Kier alpha value is -2.41. The van der Waals surface area contributed by atoms with Gasteiger partial charge in [0.1, 0.15) is 5.82 Å². The van der Waals surface area contributed by atoms with Gasteiger partial charge < -0.3 is 10.2 Å². The summed E-state index contributed by atoms with van der Waals surface area (Å²) >= 11 is 0. The number of anilines is 1. The second-order valence-electron chi connectivity index (χ2n) is 5.86. The maximum atomic E-state index is 13.6. The maximum Gasteiger partial charge on any atom is 0.321 e. The third-order valence-corrected chi connectivity index (χ3v) is 4.20. The molecule has 0 saturated carbocycles. The van der Waals surface area contributed by atoms with E-state index in [1.54, 1.807) is 29.3 Å². The molecule has 1 saturated heterocycles. The second kappa shape index (κ2) is 7.92. The van der Waals surface area contributed by atoms with Crippen molar-refractivity contribution in [1.29, 1.82) is 0 Å². The van der Waals surface area contributed by atoms with Crippen LogP contribution in [0.3, 0.4) is 0 Å². The summed E-state index contributed by atoms with van der Waals surface area (Å²) in [5, 5.41) is 6.86. The highest BCUT2D eigenvalue weighted by Gasteiger charge is 2.19. The van der Waals surface area contributed by atoms with Crippen molar-refractivity contribution < 1.29 is 9.18 Å². The van der Waals surface area contributed by atoms with Gasteiger partial charge in [0.2, 0.25) is 0 Å². The van der Waals surface area contributed by atoms with Gasteiger partial charge in [-0.1, -0.05) is 12.1 Å². The fourth-order valence-electron chi connectivity index (χ4n) is 2.83. The van der Waals surface area contributed by atoms with Crippen LogP contribution in [0.1, 0.15) is 6.42 Å². The van der Waals surface area contributed by atoms with Crippen molar-refractivity contribution in [3.05, 3.63) is 48.5 Å². The largest absolute Gasteiger partial charge is 0.323 e. The van der Waals surface area contributed by atoms with Crippen LogP contribution in [0, 0.1) is 5.82 Å². The minimum atomic E-state index is -0.415. The van der Waals surface area contributed by atoms with Crippen molar-refractivity contribution in [2.45, 2.75) is 13.0 Å². The van der Waals surface area contributed by atoms with Crippen molar-refractivity contribution >= 4 is 11.7 Å². The molecule has 1 aromatic heterocycles. The number of carbonyl (C=O) groups excluding carboxylic acids is 1. The van der Waals surface area contributed by atoms with Gasteiger partial charge in [0.05, 0.1) is 12.2 Å². The zero-order valence-electron chi connectivity index (χ0n) is 13.6. The van der Waals surface area contributed by atoms with Gasteiger partial charge >= 0.3 is 6.03 Å². The molecule has 0 atom stereocenters. The van der Waals surface area contributed by atoms with E-state index >= 15 is 0 Å². The van der Waals surface area contributed by atoms with Crippen molar-refractivity contribution in [3.8, 4) is 0 Å². The van der Waals surface area contributed by atoms with E-state index in [1.165, 1.54) is 6.07 Å². The molecular weight excluding hydrogens is 309 g/mol. The van der Waals surface area contributed by atoms with E-state index in [4.69, 9.17) is 0 Å². The van der Waals surface area contributed by atoms with Crippen LogP contribution in [0.4, 0.5) is 14.9 Å².